The van der Waals surface area contributed by atoms with Gasteiger partial charge in [-0.2, -0.15) is 4.39 Å². The van der Waals surface area contributed by atoms with Crippen LogP contribution < -0.4 is 5.32 Å². The molecule has 20 heavy (non-hydrogen) atoms. The van der Waals surface area contributed by atoms with Gasteiger partial charge in [0.05, 0.1) is 4.92 Å². The zero-order chi connectivity index (χ0) is 14.1. The van der Waals surface area contributed by atoms with Gasteiger partial charge >= 0.3 is 5.69 Å². The van der Waals surface area contributed by atoms with Crippen LogP contribution in [0.4, 0.5) is 15.8 Å². The quantitative estimate of drug-likeness (QED) is 0.689. The van der Waals surface area contributed by atoms with Crippen molar-refractivity contribution in [2.45, 2.75) is 18.9 Å². The summed E-state index contributed by atoms with van der Waals surface area (Å²) in [5.74, 6) is -0.810. The van der Waals surface area contributed by atoms with Crippen molar-refractivity contribution >= 4 is 11.4 Å². The molecule has 3 rings (SSSR count). The van der Waals surface area contributed by atoms with E-state index in [1.54, 1.807) is 0 Å². The Bertz CT molecular complexity index is 648. The standard InChI is InChI=1S/C15H13FN2O2/c16-14-6-5-12(9-15(14)18(19)20)17-13-7-10-3-1-2-4-11(10)8-13/h1-6,9,13,17H,7-8H2. The number of nitro benzene ring substituents is 1. The molecule has 2 aromatic rings. The fourth-order valence-electron chi connectivity index (χ4n) is 2.64. The average Bonchev–Trinajstić information content (AvgIpc) is 2.82. The third-order valence-corrected chi connectivity index (χ3v) is 3.56. The van der Waals surface area contributed by atoms with E-state index in [-0.39, 0.29) is 6.04 Å². The first-order valence-electron chi connectivity index (χ1n) is 6.41. The van der Waals surface area contributed by atoms with Crippen LogP contribution in [0, 0.1) is 15.9 Å². The molecular formula is C15H13FN2O2. The molecule has 0 aliphatic heterocycles. The molecule has 0 radical (unpaired) electrons. The largest absolute Gasteiger partial charge is 0.381 e. The van der Waals surface area contributed by atoms with E-state index in [9.17, 15) is 14.5 Å². The van der Waals surface area contributed by atoms with Crippen molar-refractivity contribution in [3.05, 3.63) is 69.5 Å². The van der Waals surface area contributed by atoms with E-state index < -0.39 is 16.4 Å². The van der Waals surface area contributed by atoms with Gasteiger partial charge < -0.3 is 5.32 Å². The predicted octanol–water partition coefficient (Wildman–Crippen LogP) is 3.31. The Kier molecular flexibility index (Phi) is 3.10. The second kappa shape index (κ2) is 4.92. The zero-order valence-corrected chi connectivity index (χ0v) is 10.7. The van der Waals surface area contributed by atoms with E-state index >= 15 is 0 Å². The number of hydrogen-bond acceptors (Lipinski definition) is 3. The van der Waals surface area contributed by atoms with Crippen LogP contribution in [-0.4, -0.2) is 11.0 Å². The van der Waals surface area contributed by atoms with E-state index in [1.165, 1.54) is 23.3 Å². The molecule has 1 N–H and O–H groups in total. The smallest absolute Gasteiger partial charge is 0.306 e. The van der Waals surface area contributed by atoms with Gasteiger partial charge in [0.2, 0.25) is 5.82 Å². The van der Waals surface area contributed by atoms with E-state index in [0.717, 1.165) is 18.9 Å². The minimum atomic E-state index is -0.810. The van der Waals surface area contributed by atoms with Crippen molar-refractivity contribution < 1.29 is 9.31 Å². The number of hydrogen-bond donors (Lipinski definition) is 1. The molecule has 2 aromatic carbocycles. The number of fused-ring (bicyclic) bond motifs is 1. The molecule has 0 spiro atoms. The fourth-order valence-corrected chi connectivity index (χ4v) is 2.64. The van der Waals surface area contributed by atoms with Gasteiger partial charge in [-0.1, -0.05) is 24.3 Å². The summed E-state index contributed by atoms with van der Waals surface area (Å²) < 4.78 is 13.3. The SMILES string of the molecule is O=[N+]([O-])c1cc(NC2Cc3ccccc3C2)ccc1F. The van der Waals surface area contributed by atoms with Crippen molar-refractivity contribution in [1.82, 2.24) is 0 Å². The van der Waals surface area contributed by atoms with Gasteiger partial charge in [0, 0.05) is 17.8 Å². The molecule has 0 saturated heterocycles. The Hall–Kier alpha value is -2.43. The average molecular weight is 272 g/mol. The first kappa shape index (κ1) is 12.6. The number of nitrogens with one attached hydrogen (secondary N) is 1. The number of nitro groups is 1. The Morgan fingerprint density at radius 2 is 1.80 bits per heavy atom. The summed E-state index contributed by atoms with van der Waals surface area (Å²) in [5.41, 5.74) is 2.67. The highest BCUT2D eigenvalue weighted by molar-refractivity contribution is 5.53. The lowest BCUT2D eigenvalue weighted by Crippen LogP contribution is -2.19. The van der Waals surface area contributed by atoms with Crippen LogP contribution in [0.1, 0.15) is 11.1 Å². The van der Waals surface area contributed by atoms with E-state index in [2.05, 4.69) is 17.4 Å². The fraction of sp³-hybridized carbons (Fsp3) is 0.200. The lowest BCUT2D eigenvalue weighted by atomic mass is 10.1. The summed E-state index contributed by atoms with van der Waals surface area (Å²) in [6, 6.07) is 12.3. The Morgan fingerprint density at radius 1 is 1.15 bits per heavy atom. The molecule has 1 aliphatic carbocycles. The number of anilines is 1. The number of rotatable bonds is 3. The van der Waals surface area contributed by atoms with Gasteiger partial charge in [-0.3, -0.25) is 10.1 Å². The summed E-state index contributed by atoms with van der Waals surface area (Å²) in [6.07, 6.45) is 1.75. The number of benzene rings is 2. The molecule has 0 saturated carbocycles. The second-order valence-corrected chi connectivity index (χ2v) is 4.94. The van der Waals surface area contributed by atoms with Gasteiger partial charge in [-0.15, -0.1) is 0 Å². The third-order valence-electron chi connectivity index (χ3n) is 3.56. The minimum absolute atomic E-state index is 0.192. The lowest BCUT2D eigenvalue weighted by Gasteiger charge is -2.13. The third kappa shape index (κ3) is 2.34. The van der Waals surface area contributed by atoms with Gasteiger partial charge in [-0.25, -0.2) is 0 Å². The molecule has 0 bridgehead atoms. The summed E-state index contributed by atoms with van der Waals surface area (Å²) in [5, 5.41) is 14.0. The second-order valence-electron chi connectivity index (χ2n) is 4.94. The Labute approximate surface area is 115 Å². The molecule has 0 heterocycles. The maximum absolute atomic E-state index is 13.3. The molecule has 0 aromatic heterocycles. The molecule has 0 amide bonds. The highest BCUT2D eigenvalue weighted by atomic mass is 19.1. The highest BCUT2D eigenvalue weighted by Crippen LogP contribution is 2.27. The van der Waals surface area contributed by atoms with Gasteiger partial charge in [0.1, 0.15) is 0 Å². The van der Waals surface area contributed by atoms with Crippen LogP contribution >= 0.6 is 0 Å². The van der Waals surface area contributed by atoms with Crippen LogP contribution in [0.2, 0.25) is 0 Å². The van der Waals surface area contributed by atoms with Crippen molar-refractivity contribution in [2.75, 3.05) is 5.32 Å². The van der Waals surface area contributed by atoms with Crippen LogP contribution in [0.3, 0.4) is 0 Å². The highest BCUT2D eigenvalue weighted by Gasteiger charge is 2.22. The molecule has 0 atom stereocenters. The molecule has 1 aliphatic rings. The molecule has 0 unspecified atom stereocenters. The van der Waals surface area contributed by atoms with E-state index in [4.69, 9.17) is 0 Å². The summed E-state index contributed by atoms with van der Waals surface area (Å²) in [4.78, 5) is 10.0. The topological polar surface area (TPSA) is 55.2 Å². The lowest BCUT2D eigenvalue weighted by molar-refractivity contribution is -0.387. The Morgan fingerprint density at radius 3 is 2.40 bits per heavy atom. The van der Waals surface area contributed by atoms with Crippen LogP contribution in [0.25, 0.3) is 0 Å². The van der Waals surface area contributed by atoms with Crippen LogP contribution in [0.5, 0.6) is 0 Å². The minimum Gasteiger partial charge on any atom is -0.381 e. The van der Waals surface area contributed by atoms with E-state index in [0.29, 0.717) is 5.69 Å². The molecule has 4 nitrogen and oxygen atoms in total. The number of nitrogens with zero attached hydrogens (tertiary/aromatic N) is 1. The van der Waals surface area contributed by atoms with Crippen LogP contribution in [0.15, 0.2) is 42.5 Å². The molecule has 102 valence electrons. The van der Waals surface area contributed by atoms with Crippen molar-refractivity contribution in [3.8, 4) is 0 Å². The molecule has 0 fully saturated rings. The monoisotopic (exact) mass is 272 g/mol. The van der Waals surface area contributed by atoms with Gasteiger partial charge in [0.15, 0.2) is 0 Å². The first-order valence-corrected chi connectivity index (χ1v) is 6.41. The van der Waals surface area contributed by atoms with Crippen molar-refractivity contribution in [2.24, 2.45) is 0 Å². The van der Waals surface area contributed by atoms with Crippen LogP contribution in [-0.2, 0) is 12.8 Å². The predicted molar refractivity (Wildman–Crippen MR) is 74.3 cm³/mol. The maximum Gasteiger partial charge on any atom is 0.306 e. The summed E-state index contributed by atoms with van der Waals surface area (Å²) >= 11 is 0. The van der Waals surface area contributed by atoms with Gasteiger partial charge in [-0.05, 0) is 36.1 Å². The molecular weight excluding hydrogens is 259 g/mol. The zero-order valence-electron chi connectivity index (χ0n) is 10.7. The van der Waals surface area contributed by atoms with E-state index in [1.807, 2.05) is 12.1 Å². The summed E-state index contributed by atoms with van der Waals surface area (Å²) in [7, 11) is 0. The normalized spacial score (nSPS) is 14.1. The van der Waals surface area contributed by atoms with Gasteiger partial charge in [0.25, 0.3) is 0 Å². The van der Waals surface area contributed by atoms with Crippen molar-refractivity contribution in [3.63, 3.8) is 0 Å². The first-order chi connectivity index (χ1) is 9.63. The number of halogens is 1. The molecule has 5 heteroatoms. The summed E-state index contributed by atoms with van der Waals surface area (Å²) in [6.45, 7) is 0. The Balaban J connectivity index is 1.77. The maximum atomic E-state index is 13.3. The van der Waals surface area contributed by atoms with Crippen molar-refractivity contribution in [1.29, 1.82) is 0 Å².